The number of halogens is 1. The minimum atomic E-state index is 0. The maximum atomic E-state index is 11.8. The molecule has 0 bridgehead atoms. The highest BCUT2D eigenvalue weighted by molar-refractivity contribution is 14.0. The molecule has 0 radical (unpaired) electrons. The summed E-state index contributed by atoms with van der Waals surface area (Å²) in [6, 6.07) is 15.1. The molecule has 2 aliphatic heterocycles. The molecule has 4 rings (SSSR count). The zero-order valence-electron chi connectivity index (χ0n) is 20.0. The zero-order chi connectivity index (χ0) is 22.5. The molecule has 0 spiro atoms. The van der Waals surface area contributed by atoms with Crippen LogP contribution in [-0.4, -0.2) is 61.4 Å². The fourth-order valence-electron chi connectivity index (χ4n) is 4.60. The van der Waals surface area contributed by atoms with Gasteiger partial charge in [-0.05, 0) is 48.6 Å². The summed E-state index contributed by atoms with van der Waals surface area (Å²) < 4.78 is 0. The molecular formula is C26H36IN5O. The summed E-state index contributed by atoms with van der Waals surface area (Å²) in [6.45, 7) is 10.6. The lowest BCUT2D eigenvalue weighted by Gasteiger charge is -2.38. The van der Waals surface area contributed by atoms with Gasteiger partial charge >= 0.3 is 0 Å². The molecule has 178 valence electrons. The van der Waals surface area contributed by atoms with Gasteiger partial charge in [-0.2, -0.15) is 0 Å². The molecule has 0 unspecified atom stereocenters. The number of aliphatic imine (C=N–C) groups is 1. The van der Waals surface area contributed by atoms with Gasteiger partial charge in [-0.15, -0.1) is 24.0 Å². The Balaban J connectivity index is 0.00000306. The van der Waals surface area contributed by atoms with Crippen molar-refractivity contribution in [1.82, 2.24) is 15.1 Å². The highest BCUT2D eigenvalue weighted by Gasteiger charge is 2.21. The van der Waals surface area contributed by atoms with E-state index in [0.29, 0.717) is 6.42 Å². The molecule has 1 N–H and O–H groups in total. The van der Waals surface area contributed by atoms with E-state index >= 15 is 0 Å². The first-order valence-corrected chi connectivity index (χ1v) is 11.7. The summed E-state index contributed by atoms with van der Waals surface area (Å²) in [5, 5.41) is 3.52. The number of likely N-dealkylation sites (tertiary alicyclic amines) is 1. The number of aryl methyl sites for hydroxylation is 1. The number of carbonyl (C=O) groups is 1. The number of carbonyl (C=O) groups excluding carboxylic acids is 1. The van der Waals surface area contributed by atoms with Gasteiger partial charge in [0.25, 0.3) is 0 Å². The zero-order valence-corrected chi connectivity index (χ0v) is 22.3. The maximum absolute atomic E-state index is 11.8. The first kappa shape index (κ1) is 25.3. The molecule has 0 aromatic heterocycles. The normalized spacial score (nSPS) is 16.8. The Labute approximate surface area is 215 Å². The van der Waals surface area contributed by atoms with Crippen molar-refractivity contribution in [2.24, 2.45) is 4.99 Å². The van der Waals surface area contributed by atoms with E-state index in [-0.39, 0.29) is 29.9 Å². The molecule has 0 saturated carbocycles. The highest BCUT2D eigenvalue weighted by atomic mass is 127. The second-order valence-corrected chi connectivity index (χ2v) is 8.83. The monoisotopic (exact) mass is 561 g/mol. The standard InChI is InChI=1S/C26H35N5O.HI/c1-20-6-4-7-24(21(20)2)29-14-16-30(17-15-29)26(27-3)28-18-22-9-11-23(12-10-22)19-31-13-5-8-25(31)32;/h4,6-7,9-12H,5,8,13-19H2,1-3H3,(H,27,28);1H. The molecule has 2 heterocycles. The minimum absolute atomic E-state index is 0. The van der Waals surface area contributed by atoms with E-state index in [0.717, 1.165) is 58.2 Å². The van der Waals surface area contributed by atoms with Crippen molar-refractivity contribution in [2.45, 2.75) is 39.8 Å². The SMILES string of the molecule is CN=C(NCc1ccc(CN2CCCC2=O)cc1)N1CCN(c2cccc(C)c2C)CC1.I. The Morgan fingerprint density at radius 2 is 1.67 bits per heavy atom. The molecule has 0 atom stereocenters. The van der Waals surface area contributed by atoms with Gasteiger partial charge in [-0.1, -0.05) is 36.4 Å². The number of hydrogen-bond donors (Lipinski definition) is 1. The number of anilines is 1. The molecule has 7 heteroatoms. The van der Waals surface area contributed by atoms with E-state index in [2.05, 4.69) is 76.4 Å². The van der Waals surface area contributed by atoms with Crippen molar-refractivity contribution >= 4 is 41.5 Å². The summed E-state index contributed by atoms with van der Waals surface area (Å²) in [4.78, 5) is 23.1. The third-order valence-electron chi connectivity index (χ3n) is 6.73. The van der Waals surface area contributed by atoms with Crippen LogP contribution >= 0.6 is 24.0 Å². The second kappa shape index (κ2) is 11.7. The number of nitrogens with one attached hydrogen (secondary N) is 1. The Kier molecular flexibility index (Phi) is 9.00. The maximum Gasteiger partial charge on any atom is 0.222 e. The number of guanidine groups is 1. The fourth-order valence-corrected chi connectivity index (χ4v) is 4.60. The second-order valence-electron chi connectivity index (χ2n) is 8.83. The summed E-state index contributed by atoms with van der Waals surface area (Å²) in [6.07, 6.45) is 1.68. The van der Waals surface area contributed by atoms with Gasteiger partial charge in [-0.25, -0.2) is 0 Å². The topological polar surface area (TPSA) is 51.2 Å². The molecule has 2 fully saturated rings. The first-order valence-electron chi connectivity index (χ1n) is 11.7. The molecule has 33 heavy (non-hydrogen) atoms. The third kappa shape index (κ3) is 6.19. The first-order chi connectivity index (χ1) is 15.5. The largest absolute Gasteiger partial charge is 0.368 e. The van der Waals surface area contributed by atoms with E-state index in [1.807, 2.05) is 11.9 Å². The van der Waals surface area contributed by atoms with Crippen LogP contribution in [0.15, 0.2) is 47.5 Å². The van der Waals surface area contributed by atoms with Gasteiger partial charge in [0.15, 0.2) is 5.96 Å². The number of nitrogens with zero attached hydrogens (tertiary/aromatic N) is 4. The van der Waals surface area contributed by atoms with Crippen LogP contribution in [0.2, 0.25) is 0 Å². The van der Waals surface area contributed by atoms with Gasteiger partial charge in [0.1, 0.15) is 0 Å². The van der Waals surface area contributed by atoms with E-state index in [1.165, 1.54) is 27.9 Å². The number of amides is 1. The average molecular weight is 562 g/mol. The summed E-state index contributed by atoms with van der Waals surface area (Å²) in [7, 11) is 1.86. The molecule has 0 aliphatic carbocycles. The number of benzene rings is 2. The lowest BCUT2D eigenvalue weighted by molar-refractivity contribution is -0.128. The lowest BCUT2D eigenvalue weighted by Crippen LogP contribution is -2.52. The van der Waals surface area contributed by atoms with Crippen molar-refractivity contribution in [1.29, 1.82) is 0 Å². The van der Waals surface area contributed by atoms with Gasteiger partial charge < -0.3 is 20.0 Å². The molecule has 2 aromatic carbocycles. The van der Waals surface area contributed by atoms with Crippen LogP contribution in [0.3, 0.4) is 0 Å². The summed E-state index contributed by atoms with van der Waals surface area (Å²) in [5.41, 5.74) is 6.48. The van der Waals surface area contributed by atoms with Gasteiger partial charge in [0.05, 0.1) is 0 Å². The Hall–Kier alpha value is -2.29. The number of rotatable bonds is 5. The number of piperazine rings is 1. The summed E-state index contributed by atoms with van der Waals surface area (Å²) >= 11 is 0. The van der Waals surface area contributed by atoms with E-state index in [9.17, 15) is 4.79 Å². The molecule has 2 saturated heterocycles. The van der Waals surface area contributed by atoms with Crippen molar-refractivity contribution < 1.29 is 4.79 Å². The highest BCUT2D eigenvalue weighted by Crippen LogP contribution is 2.24. The lowest BCUT2D eigenvalue weighted by atomic mass is 10.1. The van der Waals surface area contributed by atoms with Crippen LogP contribution in [-0.2, 0) is 17.9 Å². The minimum Gasteiger partial charge on any atom is -0.368 e. The van der Waals surface area contributed by atoms with Gasteiger partial charge in [-0.3, -0.25) is 9.79 Å². The molecule has 1 amide bonds. The van der Waals surface area contributed by atoms with Gasteiger partial charge in [0.2, 0.25) is 5.91 Å². The van der Waals surface area contributed by atoms with Crippen LogP contribution < -0.4 is 10.2 Å². The quantitative estimate of drug-likeness (QED) is 0.342. The Morgan fingerprint density at radius 1 is 0.970 bits per heavy atom. The van der Waals surface area contributed by atoms with Crippen molar-refractivity contribution in [3.8, 4) is 0 Å². The van der Waals surface area contributed by atoms with E-state index in [4.69, 9.17) is 0 Å². The molecule has 6 nitrogen and oxygen atoms in total. The Morgan fingerprint density at radius 3 is 2.30 bits per heavy atom. The van der Waals surface area contributed by atoms with Crippen LogP contribution in [0.25, 0.3) is 0 Å². The fraction of sp³-hybridized carbons (Fsp3) is 0.462. The van der Waals surface area contributed by atoms with Crippen LogP contribution in [0.5, 0.6) is 0 Å². The predicted molar refractivity (Wildman–Crippen MR) is 146 cm³/mol. The molecule has 2 aromatic rings. The van der Waals surface area contributed by atoms with Crippen LogP contribution in [0.4, 0.5) is 5.69 Å². The van der Waals surface area contributed by atoms with E-state index < -0.39 is 0 Å². The van der Waals surface area contributed by atoms with Crippen molar-refractivity contribution in [3.63, 3.8) is 0 Å². The smallest absolute Gasteiger partial charge is 0.222 e. The van der Waals surface area contributed by atoms with E-state index in [1.54, 1.807) is 0 Å². The number of hydrogen-bond acceptors (Lipinski definition) is 3. The van der Waals surface area contributed by atoms with Crippen LogP contribution in [0.1, 0.15) is 35.1 Å². The van der Waals surface area contributed by atoms with Crippen molar-refractivity contribution in [3.05, 3.63) is 64.7 Å². The predicted octanol–water partition coefficient (Wildman–Crippen LogP) is 3.94. The molecular weight excluding hydrogens is 525 g/mol. The van der Waals surface area contributed by atoms with Crippen molar-refractivity contribution in [2.75, 3.05) is 44.7 Å². The summed E-state index contributed by atoms with van der Waals surface area (Å²) in [5.74, 6) is 1.23. The third-order valence-corrected chi connectivity index (χ3v) is 6.73. The van der Waals surface area contributed by atoms with Gasteiger partial charge in [0, 0.05) is 65.0 Å². The van der Waals surface area contributed by atoms with Crippen LogP contribution in [0, 0.1) is 13.8 Å². The molecule has 2 aliphatic rings. The average Bonchev–Trinajstić information content (AvgIpc) is 3.22. The Bertz CT molecular complexity index is 967.